The van der Waals surface area contributed by atoms with Crippen molar-refractivity contribution in [2.75, 3.05) is 19.6 Å². The Labute approximate surface area is 183 Å². The highest BCUT2D eigenvalue weighted by Crippen LogP contribution is 2.24. The van der Waals surface area contributed by atoms with Crippen molar-refractivity contribution in [3.05, 3.63) is 47.4 Å². The molecule has 2 rings (SSSR count). The van der Waals surface area contributed by atoms with E-state index in [1.807, 2.05) is 26.8 Å². The quantitative estimate of drug-likeness (QED) is 0.323. The summed E-state index contributed by atoms with van der Waals surface area (Å²) in [6.07, 6.45) is 0.622. The molecular weight excluding hydrogens is 472 g/mol. The number of aliphatic imine (C=N–C) groups is 1. The van der Waals surface area contributed by atoms with Crippen molar-refractivity contribution in [1.82, 2.24) is 20.8 Å². The van der Waals surface area contributed by atoms with E-state index in [1.54, 1.807) is 12.1 Å². The molecule has 2 N–H and O–H groups in total. The predicted octanol–water partition coefficient (Wildman–Crippen LogP) is 4.03. The Morgan fingerprint density at radius 3 is 2.64 bits per heavy atom. The summed E-state index contributed by atoms with van der Waals surface area (Å²) in [7, 11) is 0. The summed E-state index contributed by atoms with van der Waals surface area (Å²) in [5, 5.41) is 10.5. The zero-order chi connectivity index (χ0) is 19.9. The average molecular weight is 503 g/mol. The van der Waals surface area contributed by atoms with Crippen LogP contribution in [-0.2, 0) is 11.8 Å². The number of benzene rings is 1. The maximum Gasteiger partial charge on any atom is 0.228 e. The minimum Gasteiger partial charge on any atom is -0.357 e. The number of rotatable bonds is 8. The van der Waals surface area contributed by atoms with Crippen LogP contribution in [0.1, 0.15) is 57.8 Å². The van der Waals surface area contributed by atoms with Crippen molar-refractivity contribution in [3.8, 4) is 0 Å². The number of hydrogen-bond donors (Lipinski definition) is 2. The average Bonchev–Trinajstić information content (AvgIpc) is 3.09. The highest BCUT2D eigenvalue weighted by molar-refractivity contribution is 14.0. The second-order valence-electron chi connectivity index (χ2n) is 7.47. The zero-order valence-corrected chi connectivity index (χ0v) is 19.6. The molecule has 28 heavy (non-hydrogen) atoms. The third kappa shape index (κ3) is 7.37. The summed E-state index contributed by atoms with van der Waals surface area (Å²) >= 11 is 0. The van der Waals surface area contributed by atoms with E-state index in [2.05, 4.69) is 39.6 Å². The molecule has 0 radical (unpaired) electrons. The molecule has 0 bridgehead atoms. The van der Waals surface area contributed by atoms with E-state index in [-0.39, 0.29) is 41.1 Å². The first kappa shape index (κ1) is 24.3. The topological polar surface area (TPSA) is 75.3 Å². The fraction of sp³-hybridized carbons (Fsp3) is 0.550. The van der Waals surface area contributed by atoms with E-state index in [0.717, 1.165) is 17.9 Å². The molecule has 1 aromatic heterocycles. The van der Waals surface area contributed by atoms with E-state index in [4.69, 9.17) is 4.52 Å². The molecule has 0 aliphatic heterocycles. The maximum absolute atomic E-state index is 13.5. The SMILES string of the molecule is CCNC(=NCC(C)(C)c1cccc(F)c1)NCCc1nc(C(C)C)no1.I. The highest BCUT2D eigenvalue weighted by Gasteiger charge is 2.21. The van der Waals surface area contributed by atoms with Crippen LogP contribution in [0.3, 0.4) is 0 Å². The summed E-state index contributed by atoms with van der Waals surface area (Å²) in [5.74, 6) is 2.07. The Balaban J connectivity index is 0.00000392. The molecule has 6 nitrogen and oxygen atoms in total. The molecule has 156 valence electrons. The van der Waals surface area contributed by atoms with Gasteiger partial charge in [-0.1, -0.05) is 45.0 Å². The fourth-order valence-electron chi connectivity index (χ4n) is 2.51. The van der Waals surface area contributed by atoms with Crippen molar-refractivity contribution in [2.45, 2.75) is 52.4 Å². The Kier molecular flexibility index (Phi) is 9.84. The molecule has 0 atom stereocenters. The summed E-state index contributed by atoms with van der Waals surface area (Å²) in [6, 6.07) is 6.69. The molecule has 8 heteroatoms. The molecule has 0 saturated carbocycles. The van der Waals surface area contributed by atoms with Gasteiger partial charge in [0.05, 0.1) is 6.54 Å². The van der Waals surface area contributed by atoms with Crippen LogP contribution in [0.4, 0.5) is 4.39 Å². The van der Waals surface area contributed by atoms with Gasteiger partial charge in [0.2, 0.25) is 5.89 Å². The van der Waals surface area contributed by atoms with Crippen LogP contribution in [-0.4, -0.2) is 35.7 Å². The van der Waals surface area contributed by atoms with E-state index in [0.29, 0.717) is 31.4 Å². The van der Waals surface area contributed by atoms with Crippen LogP contribution in [0, 0.1) is 5.82 Å². The third-order valence-corrected chi connectivity index (χ3v) is 4.21. The number of hydrogen-bond acceptors (Lipinski definition) is 4. The number of guanidine groups is 1. The van der Waals surface area contributed by atoms with Crippen LogP contribution in [0.5, 0.6) is 0 Å². The summed E-state index contributed by atoms with van der Waals surface area (Å²) in [4.78, 5) is 9.03. The van der Waals surface area contributed by atoms with Gasteiger partial charge in [0.25, 0.3) is 0 Å². The molecule has 0 unspecified atom stereocenters. The number of aromatic nitrogens is 2. The molecule has 0 spiro atoms. The van der Waals surface area contributed by atoms with Crippen molar-refractivity contribution in [1.29, 1.82) is 0 Å². The third-order valence-electron chi connectivity index (χ3n) is 4.21. The first-order valence-electron chi connectivity index (χ1n) is 9.42. The second-order valence-corrected chi connectivity index (χ2v) is 7.47. The van der Waals surface area contributed by atoms with Gasteiger partial charge < -0.3 is 15.2 Å². The van der Waals surface area contributed by atoms with Crippen LogP contribution >= 0.6 is 24.0 Å². The Hall–Kier alpha value is -1.71. The molecule has 0 saturated heterocycles. The van der Waals surface area contributed by atoms with Gasteiger partial charge in [-0.3, -0.25) is 4.99 Å². The first-order valence-corrected chi connectivity index (χ1v) is 9.42. The Bertz CT molecular complexity index is 761. The minimum atomic E-state index is -0.275. The molecule has 0 amide bonds. The number of halogens is 2. The van der Waals surface area contributed by atoms with Gasteiger partial charge in [-0.05, 0) is 24.6 Å². The Morgan fingerprint density at radius 2 is 2.04 bits per heavy atom. The fourth-order valence-corrected chi connectivity index (χ4v) is 2.51. The number of nitrogens with one attached hydrogen (secondary N) is 2. The van der Waals surface area contributed by atoms with E-state index < -0.39 is 0 Å². The van der Waals surface area contributed by atoms with Crippen LogP contribution in [0.15, 0.2) is 33.8 Å². The van der Waals surface area contributed by atoms with Crippen LogP contribution in [0.25, 0.3) is 0 Å². The number of nitrogens with zero attached hydrogens (tertiary/aromatic N) is 3. The van der Waals surface area contributed by atoms with Crippen molar-refractivity contribution >= 4 is 29.9 Å². The monoisotopic (exact) mass is 503 g/mol. The normalized spacial score (nSPS) is 12.0. The summed E-state index contributed by atoms with van der Waals surface area (Å²) in [5.41, 5.74) is 0.650. The van der Waals surface area contributed by atoms with Gasteiger partial charge in [-0.25, -0.2) is 4.39 Å². The predicted molar refractivity (Wildman–Crippen MR) is 121 cm³/mol. The maximum atomic E-state index is 13.5. The molecule has 1 heterocycles. The van der Waals surface area contributed by atoms with Crippen LogP contribution in [0.2, 0.25) is 0 Å². The molecule has 0 fully saturated rings. The lowest BCUT2D eigenvalue weighted by Gasteiger charge is -2.24. The summed E-state index contributed by atoms with van der Waals surface area (Å²) in [6.45, 7) is 12.1. The van der Waals surface area contributed by atoms with Gasteiger partial charge >= 0.3 is 0 Å². The van der Waals surface area contributed by atoms with Crippen molar-refractivity contribution in [3.63, 3.8) is 0 Å². The first-order chi connectivity index (χ1) is 12.8. The highest BCUT2D eigenvalue weighted by atomic mass is 127. The van der Waals surface area contributed by atoms with E-state index in [9.17, 15) is 4.39 Å². The second kappa shape index (κ2) is 11.3. The Morgan fingerprint density at radius 1 is 1.29 bits per heavy atom. The van der Waals surface area contributed by atoms with Crippen molar-refractivity contribution < 1.29 is 8.91 Å². The van der Waals surface area contributed by atoms with Gasteiger partial charge in [-0.2, -0.15) is 4.98 Å². The standard InChI is InChI=1S/C20H30FN5O.HI/c1-6-22-19(23-11-10-17-25-18(14(2)3)26-27-17)24-13-20(4,5)15-8-7-9-16(21)12-15;/h7-9,12,14H,6,10-11,13H2,1-5H3,(H2,22,23,24);1H. The summed E-state index contributed by atoms with van der Waals surface area (Å²) < 4.78 is 18.8. The van der Waals surface area contributed by atoms with Gasteiger partial charge in [-0.15, -0.1) is 24.0 Å². The van der Waals surface area contributed by atoms with Crippen LogP contribution < -0.4 is 10.6 Å². The molecule has 0 aliphatic rings. The van der Waals surface area contributed by atoms with Gasteiger partial charge in [0, 0.05) is 30.8 Å². The molecule has 0 aliphatic carbocycles. The largest absolute Gasteiger partial charge is 0.357 e. The van der Waals surface area contributed by atoms with E-state index in [1.165, 1.54) is 6.07 Å². The van der Waals surface area contributed by atoms with Crippen molar-refractivity contribution in [2.24, 2.45) is 4.99 Å². The van der Waals surface area contributed by atoms with Gasteiger partial charge in [0.1, 0.15) is 5.82 Å². The molecular formula is C20H31FIN5O. The van der Waals surface area contributed by atoms with E-state index >= 15 is 0 Å². The molecule has 1 aromatic carbocycles. The molecule has 2 aromatic rings. The smallest absolute Gasteiger partial charge is 0.228 e. The zero-order valence-electron chi connectivity index (χ0n) is 17.3. The van der Waals surface area contributed by atoms with Gasteiger partial charge in [0.15, 0.2) is 11.8 Å². The lowest BCUT2D eigenvalue weighted by Crippen LogP contribution is -2.39. The minimum absolute atomic E-state index is 0. The lowest BCUT2D eigenvalue weighted by atomic mass is 9.85. The lowest BCUT2D eigenvalue weighted by molar-refractivity contribution is 0.371.